The van der Waals surface area contributed by atoms with Crippen LogP contribution >= 0.6 is 0 Å². The fourth-order valence-electron chi connectivity index (χ4n) is 8.39. The van der Waals surface area contributed by atoms with E-state index < -0.39 is 6.10 Å². The van der Waals surface area contributed by atoms with Gasteiger partial charge in [-0.3, -0.25) is 14.4 Å². The highest BCUT2D eigenvalue weighted by Gasteiger charge is 2.19. The van der Waals surface area contributed by atoms with Crippen molar-refractivity contribution in [1.82, 2.24) is 0 Å². The molecule has 0 spiro atoms. The first-order valence-electron chi connectivity index (χ1n) is 29.1. The maximum absolute atomic E-state index is 12.9. The molecule has 0 saturated carbocycles. The van der Waals surface area contributed by atoms with Crippen LogP contribution in [0.25, 0.3) is 0 Å². The minimum absolute atomic E-state index is 0.0791. The first-order chi connectivity index (χ1) is 33.0. The second-order valence-electron chi connectivity index (χ2n) is 19.6. The van der Waals surface area contributed by atoms with Crippen molar-refractivity contribution < 1.29 is 28.6 Å². The molecule has 0 heterocycles. The molecule has 390 valence electrons. The van der Waals surface area contributed by atoms with Gasteiger partial charge in [-0.05, 0) is 83.5 Å². The molecule has 0 bridgehead atoms. The summed E-state index contributed by atoms with van der Waals surface area (Å²) in [5.74, 6) is -0.884. The Hall–Kier alpha value is -2.63. The largest absolute Gasteiger partial charge is 0.462 e. The van der Waals surface area contributed by atoms with Crippen LogP contribution in [0.4, 0.5) is 0 Å². The molecule has 6 nitrogen and oxygen atoms in total. The van der Waals surface area contributed by atoms with Crippen LogP contribution < -0.4 is 0 Å². The molecule has 67 heavy (non-hydrogen) atoms. The van der Waals surface area contributed by atoms with Crippen LogP contribution in [-0.2, 0) is 28.6 Å². The molecule has 0 aromatic rings. The van der Waals surface area contributed by atoms with Gasteiger partial charge in [0.1, 0.15) is 13.2 Å². The number of hydrogen-bond donors (Lipinski definition) is 0. The van der Waals surface area contributed by atoms with Crippen LogP contribution in [0.5, 0.6) is 0 Å². The maximum atomic E-state index is 12.9. The lowest BCUT2D eigenvalue weighted by Crippen LogP contribution is -2.30. The molecule has 0 aliphatic heterocycles. The molecular weight excluding hydrogens is 829 g/mol. The van der Waals surface area contributed by atoms with Crippen molar-refractivity contribution in [3.63, 3.8) is 0 Å². The smallest absolute Gasteiger partial charge is 0.306 e. The fourth-order valence-corrected chi connectivity index (χ4v) is 8.39. The fraction of sp³-hybridized carbons (Fsp3) is 0.820. The van der Waals surface area contributed by atoms with Gasteiger partial charge >= 0.3 is 17.9 Å². The van der Waals surface area contributed by atoms with Gasteiger partial charge in [0.15, 0.2) is 6.10 Å². The molecule has 0 aliphatic carbocycles. The summed E-state index contributed by atoms with van der Waals surface area (Å²) in [5, 5.41) is 0. The molecule has 1 atom stereocenters. The van der Waals surface area contributed by atoms with Crippen LogP contribution in [-0.4, -0.2) is 37.2 Å². The Morgan fingerprint density at radius 3 is 0.851 bits per heavy atom. The Morgan fingerprint density at radius 2 is 0.537 bits per heavy atom. The van der Waals surface area contributed by atoms with Crippen molar-refractivity contribution in [3.05, 3.63) is 48.6 Å². The van der Waals surface area contributed by atoms with E-state index in [4.69, 9.17) is 14.2 Å². The highest BCUT2D eigenvalue weighted by molar-refractivity contribution is 5.71. The number of carbonyl (C=O) groups is 3. The van der Waals surface area contributed by atoms with Crippen molar-refractivity contribution in [1.29, 1.82) is 0 Å². The number of rotatable bonds is 53. The molecule has 0 rings (SSSR count). The van der Waals surface area contributed by atoms with Gasteiger partial charge in [-0.1, -0.05) is 249 Å². The van der Waals surface area contributed by atoms with Gasteiger partial charge in [0, 0.05) is 19.3 Å². The van der Waals surface area contributed by atoms with Crippen LogP contribution in [0.3, 0.4) is 0 Å². The summed E-state index contributed by atoms with van der Waals surface area (Å²) >= 11 is 0. The number of hydrogen-bond acceptors (Lipinski definition) is 6. The van der Waals surface area contributed by atoms with Gasteiger partial charge in [0.2, 0.25) is 0 Å². The van der Waals surface area contributed by atoms with E-state index >= 15 is 0 Å². The van der Waals surface area contributed by atoms with Gasteiger partial charge in [-0.15, -0.1) is 0 Å². The van der Waals surface area contributed by atoms with Crippen molar-refractivity contribution in [2.75, 3.05) is 13.2 Å². The van der Waals surface area contributed by atoms with E-state index in [0.29, 0.717) is 19.3 Å². The predicted molar refractivity (Wildman–Crippen MR) is 289 cm³/mol. The molecule has 0 aromatic carbocycles. The second-order valence-corrected chi connectivity index (χ2v) is 19.6. The summed E-state index contributed by atoms with van der Waals surface area (Å²) in [4.78, 5) is 38.2. The lowest BCUT2D eigenvalue weighted by atomic mass is 10.0. The van der Waals surface area contributed by atoms with E-state index in [-0.39, 0.29) is 31.1 Å². The zero-order valence-corrected chi connectivity index (χ0v) is 44.7. The summed E-state index contributed by atoms with van der Waals surface area (Å²) in [6, 6.07) is 0. The van der Waals surface area contributed by atoms with Gasteiger partial charge < -0.3 is 14.2 Å². The highest BCUT2D eigenvalue weighted by atomic mass is 16.6. The molecule has 0 fully saturated rings. The molecule has 0 saturated heterocycles. The SMILES string of the molecule is CCCCC/C=C\C/C=C\CCCCCCCCCC(=O)OCC(COC(=O)CCCCCCC/C=C\C/C=C\CCCCC)OC(=O)CCCCCCCCCCCCCCCCCCC. The number of carbonyl (C=O) groups excluding carboxylic acids is 3. The van der Waals surface area contributed by atoms with E-state index in [1.807, 2.05) is 0 Å². The lowest BCUT2D eigenvalue weighted by molar-refractivity contribution is -0.167. The molecule has 6 heteroatoms. The van der Waals surface area contributed by atoms with Crippen molar-refractivity contribution in [2.45, 2.75) is 309 Å². The van der Waals surface area contributed by atoms with E-state index in [1.165, 1.54) is 173 Å². The third kappa shape index (κ3) is 54.2. The zero-order chi connectivity index (χ0) is 48.6. The van der Waals surface area contributed by atoms with Crippen molar-refractivity contribution in [3.8, 4) is 0 Å². The van der Waals surface area contributed by atoms with E-state index in [2.05, 4.69) is 69.4 Å². The van der Waals surface area contributed by atoms with Crippen molar-refractivity contribution in [2.24, 2.45) is 0 Å². The summed E-state index contributed by atoms with van der Waals surface area (Å²) in [6.45, 7) is 6.61. The molecule has 0 N–H and O–H groups in total. The quantitative estimate of drug-likeness (QED) is 0.0262. The summed E-state index contributed by atoms with van der Waals surface area (Å²) in [5.41, 5.74) is 0. The summed E-state index contributed by atoms with van der Waals surface area (Å²) in [6.07, 6.45) is 68.1. The molecule has 0 aliphatic rings. The lowest BCUT2D eigenvalue weighted by Gasteiger charge is -2.18. The van der Waals surface area contributed by atoms with Gasteiger partial charge in [-0.2, -0.15) is 0 Å². The predicted octanol–water partition coefficient (Wildman–Crippen LogP) is 19.4. The minimum Gasteiger partial charge on any atom is -0.462 e. The Balaban J connectivity index is 4.38. The Labute approximate surface area is 416 Å². The van der Waals surface area contributed by atoms with Crippen LogP contribution in [0.2, 0.25) is 0 Å². The molecule has 1 unspecified atom stereocenters. The number of esters is 3. The first-order valence-corrected chi connectivity index (χ1v) is 29.1. The number of unbranched alkanes of at least 4 members (excludes halogenated alkanes) is 34. The van der Waals surface area contributed by atoms with E-state index in [9.17, 15) is 14.4 Å². The highest BCUT2D eigenvalue weighted by Crippen LogP contribution is 2.16. The second kappa shape index (κ2) is 56.0. The first kappa shape index (κ1) is 64.4. The standard InChI is InChI=1S/C61H110O6/c1-4-7-10-13-16-19-22-25-28-30-33-36-39-42-45-48-51-54-60(63)66-57-58(56-65-59(62)53-50-47-44-41-38-35-32-27-24-21-18-15-12-9-6-3)67-61(64)55-52-49-46-43-40-37-34-31-29-26-23-20-17-14-11-8-5-2/h16,18-19,21,25,27-28,32,58H,4-15,17,20,22-24,26,29-31,33-57H2,1-3H3/b19-16-,21-18-,28-25-,32-27-. The number of allylic oxidation sites excluding steroid dienone is 8. The average molecular weight is 940 g/mol. The average Bonchev–Trinajstić information content (AvgIpc) is 3.33. The third-order valence-corrected chi connectivity index (χ3v) is 12.8. The van der Waals surface area contributed by atoms with Crippen LogP contribution in [0.1, 0.15) is 303 Å². The summed E-state index contributed by atoms with van der Waals surface area (Å²) in [7, 11) is 0. The Bertz CT molecular complexity index is 1170. The topological polar surface area (TPSA) is 78.9 Å². The maximum Gasteiger partial charge on any atom is 0.306 e. The minimum atomic E-state index is -0.780. The van der Waals surface area contributed by atoms with E-state index in [1.54, 1.807) is 0 Å². The van der Waals surface area contributed by atoms with Crippen LogP contribution in [0.15, 0.2) is 48.6 Å². The van der Waals surface area contributed by atoms with Gasteiger partial charge in [-0.25, -0.2) is 0 Å². The normalized spacial score (nSPS) is 12.3. The zero-order valence-electron chi connectivity index (χ0n) is 44.7. The Morgan fingerprint density at radius 1 is 0.299 bits per heavy atom. The molecule has 0 amide bonds. The van der Waals surface area contributed by atoms with Crippen LogP contribution in [0, 0.1) is 0 Å². The van der Waals surface area contributed by atoms with Gasteiger partial charge in [0.25, 0.3) is 0 Å². The van der Waals surface area contributed by atoms with Gasteiger partial charge in [0.05, 0.1) is 0 Å². The Kier molecular flexibility index (Phi) is 53.8. The number of ether oxygens (including phenoxy) is 3. The van der Waals surface area contributed by atoms with Crippen molar-refractivity contribution >= 4 is 17.9 Å². The molecule has 0 aromatic heterocycles. The summed E-state index contributed by atoms with van der Waals surface area (Å²) < 4.78 is 16.9. The molecular formula is C61H110O6. The van der Waals surface area contributed by atoms with E-state index in [0.717, 1.165) is 89.9 Å². The molecule has 0 radical (unpaired) electrons. The monoisotopic (exact) mass is 939 g/mol. The third-order valence-electron chi connectivity index (χ3n) is 12.8.